The Morgan fingerprint density at radius 2 is 1.77 bits per heavy atom. The Morgan fingerprint density at radius 3 is 2.41 bits per heavy atom. The van der Waals surface area contributed by atoms with E-state index in [4.69, 9.17) is 19.4 Å². The average Bonchev–Trinajstić information content (AvgIpc) is 3.39. The van der Waals surface area contributed by atoms with Gasteiger partial charge in [0, 0.05) is 55.0 Å². The molecule has 56 heavy (non-hydrogen) atoms. The Morgan fingerprint density at radius 1 is 1.05 bits per heavy atom. The maximum absolute atomic E-state index is 13.5. The number of anilines is 1. The second kappa shape index (κ2) is 15.2. The van der Waals surface area contributed by atoms with Crippen molar-refractivity contribution in [2.75, 3.05) is 25.0 Å². The van der Waals surface area contributed by atoms with Crippen LogP contribution in [0.3, 0.4) is 0 Å². The van der Waals surface area contributed by atoms with Crippen molar-refractivity contribution in [3.63, 3.8) is 0 Å². The second-order valence-corrected chi connectivity index (χ2v) is 18.3. The summed E-state index contributed by atoms with van der Waals surface area (Å²) >= 11 is 0. The van der Waals surface area contributed by atoms with Crippen LogP contribution in [0, 0.1) is 25.2 Å². The Hall–Kier alpha value is -4.92. The third-order valence-electron chi connectivity index (χ3n) is 11.2. The summed E-state index contributed by atoms with van der Waals surface area (Å²) < 4.78 is 43.6. The number of nitrogens with zero attached hydrogens (tertiary/aromatic N) is 5. The zero-order valence-electron chi connectivity index (χ0n) is 33.1. The molecule has 14 heteroatoms. The SMILES string of the molecule is COCCc1c(C(C)(C)C)n(C)c2nc(CNC(COc3cc(-c4c(C)cccc4C)nc(NS(=O)(=O)c4cccc(C(=O)O)c4)n3)CC34CC(C3)C4)cnc12. The molecule has 0 aliphatic heterocycles. The maximum atomic E-state index is 13.5. The van der Waals surface area contributed by atoms with Crippen LogP contribution in [0.15, 0.2) is 59.6 Å². The van der Waals surface area contributed by atoms with Crippen molar-refractivity contribution < 1.29 is 27.8 Å². The fourth-order valence-corrected chi connectivity index (χ4v) is 9.67. The second-order valence-electron chi connectivity index (χ2n) is 16.6. The van der Waals surface area contributed by atoms with Gasteiger partial charge < -0.3 is 24.5 Å². The third kappa shape index (κ3) is 8.00. The highest BCUT2D eigenvalue weighted by Crippen LogP contribution is 2.66. The Kier molecular flexibility index (Phi) is 10.7. The Balaban J connectivity index is 1.16. The van der Waals surface area contributed by atoms with Crippen molar-refractivity contribution in [2.24, 2.45) is 18.4 Å². The molecule has 8 rings (SSSR count). The van der Waals surface area contributed by atoms with E-state index in [2.05, 4.69) is 52.4 Å². The summed E-state index contributed by atoms with van der Waals surface area (Å²) in [5.41, 5.74) is 8.23. The van der Waals surface area contributed by atoms with Crippen LogP contribution in [0.2, 0.25) is 0 Å². The van der Waals surface area contributed by atoms with E-state index in [0.29, 0.717) is 24.3 Å². The highest BCUT2D eigenvalue weighted by atomic mass is 32.2. The van der Waals surface area contributed by atoms with Gasteiger partial charge >= 0.3 is 5.97 Å². The van der Waals surface area contributed by atoms with Gasteiger partial charge in [0.25, 0.3) is 10.0 Å². The molecule has 1 atom stereocenters. The summed E-state index contributed by atoms with van der Waals surface area (Å²) in [6.45, 7) is 11.9. The number of ether oxygens (including phenoxy) is 2. The van der Waals surface area contributed by atoms with E-state index in [9.17, 15) is 18.3 Å². The highest BCUT2D eigenvalue weighted by molar-refractivity contribution is 7.92. The number of benzene rings is 2. The largest absolute Gasteiger partial charge is 0.478 e. The molecule has 2 aromatic carbocycles. The first kappa shape index (κ1) is 39.3. The number of methoxy groups -OCH3 is 1. The molecule has 0 saturated heterocycles. The lowest BCUT2D eigenvalue weighted by Crippen LogP contribution is -2.55. The van der Waals surface area contributed by atoms with E-state index in [1.54, 1.807) is 13.2 Å². The smallest absolute Gasteiger partial charge is 0.335 e. The summed E-state index contributed by atoms with van der Waals surface area (Å²) in [5.74, 6) is -0.389. The lowest BCUT2D eigenvalue weighted by atomic mass is 9.43. The molecule has 0 spiro atoms. The van der Waals surface area contributed by atoms with Gasteiger partial charge in [0.2, 0.25) is 11.8 Å². The van der Waals surface area contributed by atoms with E-state index in [1.807, 2.05) is 38.2 Å². The van der Waals surface area contributed by atoms with Crippen LogP contribution in [0.25, 0.3) is 22.4 Å². The molecular weight excluding hydrogens is 731 g/mol. The molecule has 2 bridgehead atoms. The van der Waals surface area contributed by atoms with Crippen LogP contribution in [0.1, 0.15) is 84.9 Å². The minimum atomic E-state index is -4.25. The van der Waals surface area contributed by atoms with Crippen molar-refractivity contribution in [2.45, 2.75) is 89.6 Å². The minimum absolute atomic E-state index is 0.0536. The van der Waals surface area contributed by atoms with E-state index in [0.717, 1.165) is 58.4 Å². The van der Waals surface area contributed by atoms with Crippen LogP contribution >= 0.6 is 0 Å². The van der Waals surface area contributed by atoms with E-state index in [-0.39, 0.29) is 40.4 Å². The molecule has 3 N–H and O–H groups in total. The monoisotopic (exact) mass is 781 g/mol. The predicted octanol–water partition coefficient (Wildman–Crippen LogP) is 6.75. The van der Waals surface area contributed by atoms with Crippen molar-refractivity contribution in [3.05, 3.63) is 88.4 Å². The molecule has 0 amide bonds. The summed E-state index contributed by atoms with van der Waals surface area (Å²) in [5, 5.41) is 13.2. The number of aromatic nitrogens is 5. The summed E-state index contributed by atoms with van der Waals surface area (Å²) in [6.07, 6.45) is 7.19. The number of carboxylic acids is 1. The molecule has 3 heterocycles. The van der Waals surface area contributed by atoms with Crippen LogP contribution in [-0.4, -0.2) is 70.4 Å². The molecule has 3 aliphatic rings. The van der Waals surface area contributed by atoms with Gasteiger partial charge in [0.1, 0.15) is 12.1 Å². The summed E-state index contributed by atoms with van der Waals surface area (Å²) in [4.78, 5) is 30.5. The summed E-state index contributed by atoms with van der Waals surface area (Å²) in [7, 11) is -0.481. The van der Waals surface area contributed by atoms with Gasteiger partial charge in [0.15, 0.2) is 5.65 Å². The molecular formula is C42H51N7O6S. The zero-order valence-corrected chi connectivity index (χ0v) is 34.0. The van der Waals surface area contributed by atoms with Gasteiger partial charge in [-0.15, -0.1) is 0 Å². The first-order valence-corrected chi connectivity index (χ1v) is 20.5. The first-order chi connectivity index (χ1) is 26.6. The lowest BCUT2D eigenvalue weighted by molar-refractivity contribution is -0.119. The van der Waals surface area contributed by atoms with Crippen LogP contribution in [0.5, 0.6) is 5.88 Å². The molecule has 5 aromatic rings. The zero-order chi connectivity index (χ0) is 40.0. The Bertz CT molecular complexity index is 2370. The van der Waals surface area contributed by atoms with Crippen molar-refractivity contribution >= 4 is 33.1 Å². The van der Waals surface area contributed by atoms with Crippen LogP contribution in [0.4, 0.5) is 5.95 Å². The fraction of sp³-hybridized carbons (Fsp3) is 0.452. The van der Waals surface area contributed by atoms with E-state index >= 15 is 0 Å². The highest BCUT2D eigenvalue weighted by Gasteiger charge is 2.56. The molecule has 296 valence electrons. The van der Waals surface area contributed by atoms with Gasteiger partial charge in [-0.1, -0.05) is 45.0 Å². The van der Waals surface area contributed by atoms with Crippen molar-refractivity contribution in [1.82, 2.24) is 29.8 Å². The standard InChI is InChI=1S/C42H51N7O6S/c1-25-10-8-11-26(2)35(25)33-17-34(47-40(46-33)48-56(52,53)31-13-9-12-28(16-31)39(50)51)55-24-29(21-42-18-27(19-42)20-42)43-22-30-23-44-36-32(14-15-54-7)37(41(3,4)5)49(6)38(36)45-30/h8-13,16-17,23,27,29,43H,14-15,18-22,24H2,1-7H3,(H,50,51)(H,46,47,48). The van der Waals surface area contributed by atoms with Crippen molar-refractivity contribution in [1.29, 1.82) is 0 Å². The first-order valence-electron chi connectivity index (χ1n) is 19.1. The van der Waals surface area contributed by atoms with Crippen LogP contribution < -0.4 is 14.8 Å². The van der Waals surface area contributed by atoms with Gasteiger partial charge in [-0.3, -0.25) is 4.98 Å². The predicted molar refractivity (Wildman–Crippen MR) is 214 cm³/mol. The number of sulfonamides is 1. The van der Waals surface area contributed by atoms with Crippen molar-refractivity contribution in [3.8, 4) is 17.1 Å². The number of carbonyl (C=O) groups is 1. The number of hydrogen-bond acceptors (Lipinski definition) is 10. The molecule has 13 nitrogen and oxygen atoms in total. The maximum Gasteiger partial charge on any atom is 0.335 e. The van der Waals surface area contributed by atoms with Gasteiger partial charge in [-0.25, -0.2) is 27.9 Å². The molecule has 3 saturated carbocycles. The third-order valence-corrected chi connectivity index (χ3v) is 12.5. The number of rotatable bonds is 16. The van der Waals surface area contributed by atoms with Gasteiger partial charge in [-0.05, 0) is 86.6 Å². The summed E-state index contributed by atoms with van der Waals surface area (Å²) in [6, 6.07) is 12.7. The molecule has 3 fully saturated rings. The van der Waals surface area contributed by atoms with E-state index < -0.39 is 16.0 Å². The molecule has 3 aromatic heterocycles. The fourth-order valence-electron chi connectivity index (χ4n) is 8.69. The quantitative estimate of drug-likeness (QED) is 0.0967. The normalized spacial score (nSPS) is 18.3. The molecule has 1 unspecified atom stereocenters. The number of carboxylic acid groups (broad SMARTS) is 1. The average molecular weight is 782 g/mol. The van der Waals surface area contributed by atoms with Crippen LogP contribution in [-0.2, 0) is 40.2 Å². The van der Waals surface area contributed by atoms with Gasteiger partial charge in [-0.2, -0.15) is 4.98 Å². The number of fused-ring (bicyclic) bond motifs is 1. The lowest BCUT2D eigenvalue weighted by Gasteiger charge is -2.63. The minimum Gasteiger partial charge on any atom is -0.478 e. The topological polar surface area (TPSA) is 170 Å². The number of aryl methyl sites for hydroxylation is 3. The Labute approximate surface area is 328 Å². The van der Waals surface area contributed by atoms with E-state index in [1.165, 1.54) is 48.7 Å². The number of aromatic carboxylic acids is 1. The molecule has 3 aliphatic carbocycles. The number of nitrogens with one attached hydrogen (secondary N) is 2. The number of hydrogen-bond donors (Lipinski definition) is 3. The van der Waals surface area contributed by atoms with Gasteiger partial charge in [0.05, 0.1) is 34.7 Å². The molecule has 0 radical (unpaired) electrons.